The monoisotopic (exact) mass is 284 g/mol. The van der Waals surface area contributed by atoms with Crippen LogP contribution in [0.25, 0.3) is 0 Å². The third-order valence-corrected chi connectivity index (χ3v) is 2.61. The highest BCUT2D eigenvalue weighted by molar-refractivity contribution is 5.86. The molecule has 0 spiro atoms. The first-order chi connectivity index (χ1) is 8.45. The zero-order valence-electron chi connectivity index (χ0n) is 11.3. The first-order valence-corrected chi connectivity index (χ1v) is 5.82. The van der Waals surface area contributed by atoms with Gasteiger partial charge in [0, 0.05) is 13.1 Å². The maximum absolute atomic E-state index is 12.7. The number of rotatable bonds is 5. The first-order valence-electron chi connectivity index (χ1n) is 5.82. The summed E-state index contributed by atoms with van der Waals surface area (Å²) in [6.45, 7) is 6.07. The Kier molecular flexibility index (Phi) is 5.64. The topological polar surface area (TPSA) is 69.6 Å². The SMILES string of the molecule is CCN(CC(C)C)C(=O)NC(C)(C(=O)O)C(F)(F)F. The third-order valence-electron chi connectivity index (χ3n) is 2.61. The number of hydrogen-bond acceptors (Lipinski definition) is 2. The number of nitrogens with zero attached hydrogens (tertiary/aromatic N) is 1. The predicted molar refractivity (Wildman–Crippen MR) is 62.7 cm³/mol. The molecule has 2 amide bonds. The number of urea groups is 1. The van der Waals surface area contributed by atoms with Gasteiger partial charge in [-0.15, -0.1) is 0 Å². The molecule has 2 N–H and O–H groups in total. The molecule has 0 aromatic carbocycles. The second-order valence-corrected chi connectivity index (χ2v) is 4.79. The van der Waals surface area contributed by atoms with Gasteiger partial charge < -0.3 is 15.3 Å². The van der Waals surface area contributed by atoms with Crippen molar-refractivity contribution in [1.29, 1.82) is 0 Å². The van der Waals surface area contributed by atoms with Crippen LogP contribution < -0.4 is 5.32 Å². The Morgan fingerprint density at radius 3 is 2.05 bits per heavy atom. The normalized spacial score (nSPS) is 14.9. The van der Waals surface area contributed by atoms with Crippen LogP contribution in [0.1, 0.15) is 27.7 Å². The zero-order valence-corrected chi connectivity index (χ0v) is 11.3. The molecule has 0 saturated carbocycles. The quantitative estimate of drug-likeness (QED) is 0.812. The molecule has 0 aromatic heterocycles. The fraction of sp³-hybridized carbons (Fsp3) is 0.818. The number of carbonyl (C=O) groups is 2. The lowest BCUT2D eigenvalue weighted by Crippen LogP contribution is -2.64. The van der Waals surface area contributed by atoms with E-state index in [4.69, 9.17) is 5.11 Å². The van der Waals surface area contributed by atoms with Gasteiger partial charge in [0.25, 0.3) is 0 Å². The second-order valence-electron chi connectivity index (χ2n) is 4.79. The predicted octanol–water partition coefficient (Wildman–Crippen LogP) is 2.08. The molecule has 0 radical (unpaired) electrons. The summed E-state index contributed by atoms with van der Waals surface area (Å²) in [5.41, 5.74) is -3.30. The van der Waals surface area contributed by atoms with Crippen LogP contribution in [0, 0.1) is 5.92 Å². The molecule has 0 bridgehead atoms. The van der Waals surface area contributed by atoms with Crippen molar-refractivity contribution < 1.29 is 27.9 Å². The minimum absolute atomic E-state index is 0.0627. The molecule has 0 heterocycles. The molecule has 19 heavy (non-hydrogen) atoms. The highest BCUT2D eigenvalue weighted by Crippen LogP contribution is 2.30. The van der Waals surface area contributed by atoms with E-state index in [0.717, 1.165) is 4.90 Å². The molecule has 0 fully saturated rings. The van der Waals surface area contributed by atoms with Crippen molar-refractivity contribution in [3.05, 3.63) is 0 Å². The Morgan fingerprint density at radius 2 is 1.79 bits per heavy atom. The summed E-state index contributed by atoms with van der Waals surface area (Å²) in [6, 6.07) is -1.04. The van der Waals surface area contributed by atoms with E-state index in [0.29, 0.717) is 6.92 Å². The molecule has 0 saturated heterocycles. The van der Waals surface area contributed by atoms with Crippen LogP contribution in [0.2, 0.25) is 0 Å². The lowest BCUT2D eigenvalue weighted by atomic mass is 10.0. The van der Waals surface area contributed by atoms with Crippen LogP contribution >= 0.6 is 0 Å². The lowest BCUT2D eigenvalue weighted by molar-refractivity contribution is -0.203. The molecular weight excluding hydrogens is 265 g/mol. The Morgan fingerprint density at radius 1 is 1.32 bits per heavy atom. The Hall–Kier alpha value is -1.47. The average Bonchev–Trinajstić information content (AvgIpc) is 2.23. The van der Waals surface area contributed by atoms with Gasteiger partial charge in [-0.05, 0) is 19.8 Å². The van der Waals surface area contributed by atoms with E-state index in [1.165, 1.54) is 0 Å². The number of carboxylic acids is 1. The van der Waals surface area contributed by atoms with Gasteiger partial charge in [-0.3, -0.25) is 0 Å². The van der Waals surface area contributed by atoms with E-state index in [2.05, 4.69) is 0 Å². The number of aliphatic carboxylic acids is 1. The van der Waals surface area contributed by atoms with Gasteiger partial charge >= 0.3 is 18.2 Å². The van der Waals surface area contributed by atoms with Crippen LogP contribution in [0.15, 0.2) is 0 Å². The Balaban J connectivity index is 5.06. The van der Waals surface area contributed by atoms with Gasteiger partial charge in [-0.1, -0.05) is 13.8 Å². The highest BCUT2D eigenvalue weighted by atomic mass is 19.4. The van der Waals surface area contributed by atoms with Crippen molar-refractivity contribution in [3.8, 4) is 0 Å². The van der Waals surface area contributed by atoms with Crippen molar-refractivity contribution in [2.24, 2.45) is 5.92 Å². The van der Waals surface area contributed by atoms with Crippen LogP contribution in [0.4, 0.5) is 18.0 Å². The molecule has 0 rings (SSSR count). The number of carboxylic acid groups (broad SMARTS) is 1. The summed E-state index contributed by atoms with van der Waals surface area (Å²) in [5.74, 6) is -2.08. The summed E-state index contributed by atoms with van der Waals surface area (Å²) in [4.78, 5) is 23.6. The van der Waals surface area contributed by atoms with E-state index >= 15 is 0 Å². The maximum atomic E-state index is 12.7. The summed E-state index contributed by atoms with van der Waals surface area (Å²) >= 11 is 0. The van der Waals surface area contributed by atoms with E-state index < -0.39 is 23.7 Å². The standard InChI is InChI=1S/C11H19F3N2O3/c1-5-16(6-7(2)3)9(19)15-10(4,8(17)18)11(12,13)14/h7H,5-6H2,1-4H3,(H,15,19)(H,17,18). The van der Waals surface area contributed by atoms with Crippen molar-refractivity contribution in [2.75, 3.05) is 13.1 Å². The molecule has 8 heteroatoms. The van der Waals surface area contributed by atoms with E-state index in [9.17, 15) is 22.8 Å². The minimum Gasteiger partial charge on any atom is -0.479 e. The number of amides is 2. The Bertz CT molecular complexity index is 345. The molecule has 0 aliphatic heterocycles. The lowest BCUT2D eigenvalue weighted by Gasteiger charge is -2.32. The van der Waals surface area contributed by atoms with Crippen LogP contribution in [-0.2, 0) is 4.79 Å². The van der Waals surface area contributed by atoms with Gasteiger partial charge in [0.15, 0.2) is 0 Å². The zero-order chi connectivity index (χ0) is 15.4. The molecular formula is C11H19F3N2O3. The van der Waals surface area contributed by atoms with Crippen molar-refractivity contribution in [3.63, 3.8) is 0 Å². The summed E-state index contributed by atoms with van der Waals surface area (Å²) in [7, 11) is 0. The molecule has 1 unspecified atom stereocenters. The van der Waals surface area contributed by atoms with Crippen molar-refractivity contribution in [1.82, 2.24) is 10.2 Å². The first kappa shape index (κ1) is 17.5. The molecule has 5 nitrogen and oxygen atoms in total. The van der Waals surface area contributed by atoms with Crippen LogP contribution in [-0.4, -0.2) is 46.8 Å². The minimum atomic E-state index is -5.08. The fourth-order valence-electron chi connectivity index (χ4n) is 1.33. The second kappa shape index (κ2) is 6.12. The third kappa shape index (κ3) is 4.29. The number of nitrogens with one attached hydrogen (secondary N) is 1. The summed E-state index contributed by atoms with van der Waals surface area (Å²) in [5, 5.41) is 10.3. The molecule has 0 aliphatic carbocycles. The summed E-state index contributed by atoms with van der Waals surface area (Å²) < 4.78 is 38.2. The molecule has 112 valence electrons. The number of halogens is 3. The molecule has 1 atom stereocenters. The van der Waals surface area contributed by atoms with Crippen LogP contribution in [0.5, 0.6) is 0 Å². The van der Waals surface area contributed by atoms with Gasteiger partial charge in [0.2, 0.25) is 5.54 Å². The number of hydrogen-bond donors (Lipinski definition) is 2. The van der Waals surface area contributed by atoms with Crippen molar-refractivity contribution in [2.45, 2.75) is 39.4 Å². The largest absolute Gasteiger partial charge is 0.479 e. The smallest absolute Gasteiger partial charge is 0.422 e. The van der Waals surface area contributed by atoms with Gasteiger partial charge in [0.05, 0.1) is 0 Å². The average molecular weight is 284 g/mol. The van der Waals surface area contributed by atoms with Gasteiger partial charge in [-0.25, -0.2) is 9.59 Å². The summed E-state index contributed by atoms with van der Waals surface area (Å²) in [6.07, 6.45) is -5.08. The highest BCUT2D eigenvalue weighted by Gasteiger charge is 2.58. The van der Waals surface area contributed by atoms with Gasteiger partial charge in [0.1, 0.15) is 0 Å². The van der Waals surface area contributed by atoms with E-state index in [1.807, 2.05) is 0 Å². The van der Waals surface area contributed by atoms with E-state index in [1.54, 1.807) is 26.1 Å². The van der Waals surface area contributed by atoms with E-state index in [-0.39, 0.29) is 19.0 Å². The fourth-order valence-corrected chi connectivity index (χ4v) is 1.33. The Labute approximate surface area is 109 Å². The number of alkyl halides is 3. The number of carbonyl (C=O) groups excluding carboxylic acids is 1. The molecule has 0 aliphatic rings. The molecule has 0 aromatic rings. The van der Waals surface area contributed by atoms with Crippen LogP contribution in [0.3, 0.4) is 0 Å². The van der Waals surface area contributed by atoms with Crippen molar-refractivity contribution >= 4 is 12.0 Å². The van der Waals surface area contributed by atoms with Gasteiger partial charge in [-0.2, -0.15) is 13.2 Å². The maximum Gasteiger partial charge on any atom is 0.422 e.